The third-order valence-electron chi connectivity index (χ3n) is 5.12. The molecule has 0 atom stereocenters. The normalized spacial score (nSPS) is 14.8. The Hall–Kier alpha value is -3.65. The molecule has 0 saturated carbocycles. The summed E-state index contributed by atoms with van der Waals surface area (Å²) in [5, 5.41) is 20.6. The molecule has 1 saturated heterocycles. The molecule has 3 aromatic rings. The zero-order chi connectivity index (χ0) is 22.8. The number of para-hydroxylation sites is 1. The molecule has 2 N–H and O–H groups in total. The topological polar surface area (TPSA) is 113 Å². The summed E-state index contributed by atoms with van der Waals surface area (Å²) in [6.45, 7) is 4.02. The van der Waals surface area contributed by atoms with Gasteiger partial charge in [-0.1, -0.05) is 42.5 Å². The molecule has 1 fully saturated rings. The van der Waals surface area contributed by atoms with Crippen molar-refractivity contribution in [2.24, 2.45) is 5.92 Å². The number of hydrogen-bond acceptors (Lipinski definition) is 6. The smallest absolute Gasteiger partial charge is 0.328 e. The molecule has 4 rings (SSSR count). The van der Waals surface area contributed by atoms with Gasteiger partial charge in [0.2, 0.25) is 0 Å². The molecular formula is C24H26N2O6. The Morgan fingerprint density at radius 3 is 2.28 bits per heavy atom. The number of hydrogen-bond donors (Lipinski definition) is 2. The van der Waals surface area contributed by atoms with Crippen LogP contribution in [0, 0.1) is 5.92 Å². The summed E-state index contributed by atoms with van der Waals surface area (Å²) in [7, 11) is 0. The quantitative estimate of drug-likeness (QED) is 0.535. The first kappa shape index (κ1) is 23.0. The zero-order valence-corrected chi connectivity index (χ0v) is 17.6. The van der Waals surface area contributed by atoms with Crippen LogP contribution in [-0.2, 0) is 16.1 Å². The highest BCUT2D eigenvalue weighted by Gasteiger charge is 2.20. The van der Waals surface area contributed by atoms with Crippen LogP contribution in [0.15, 0.2) is 71.3 Å². The Morgan fingerprint density at radius 2 is 1.62 bits per heavy atom. The number of carboxylic acids is 2. The highest BCUT2D eigenvalue weighted by molar-refractivity contribution is 5.89. The molecule has 0 amide bonds. The number of fused-ring (bicyclic) bond motifs is 1. The fourth-order valence-electron chi connectivity index (χ4n) is 3.46. The number of nitrogens with zero attached hydrogens (tertiary/aromatic N) is 2. The Kier molecular flexibility index (Phi) is 8.39. The van der Waals surface area contributed by atoms with Crippen LogP contribution in [0.3, 0.4) is 0 Å². The summed E-state index contributed by atoms with van der Waals surface area (Å²) in [6.07, 6.45) is 3.45. The maximum Gasteiger partial charge on any atom is 0.328 e. The van der Waals surface area contributed by atoms with Crippen molar-refractivity contribution >= 4 is 22.9 Å². The van der Waals surface area contributed by atoms with Crippen LogP contribution in [0.2, 0.25) is 0 Å². The Morgan fingerprint density at radius 1 is 1.00 bits per heavy atom. The van der Waals surface area contributed by atoms with Gasteiger partial charge in [-0.25, -0.2) is 9.59 Å². The van der Waals surface area contributed by atoms with Gasteiger partial charge in [0.15, 0.2) is 5.58 Å². The molecule has 2 aromatic carbocycles. The maximum atomic E-state index is 9.55. The lowest BCUT2D eigenvalue weighted by Gasteiger charge is -2.31. The minimum Gasteiger partial charge on any atom is -0.478 e. The Balaban J connectivity index is 0.000000312. The summed E-state index contributed by atoms with van der Waals surface area (Å²) in [4.78, 5) is 21.6. The minimum absolute atomic E-state index is 0.558. The summed E-state index contributed by atoms with van der Waals surface area (Å²) in [6, 6.07) is 18.5. The number of carboxylic acid groups (broad SMARTS) is 2. The van der Waals surface area contributed by atoms with Crippen molar-refractivity contribution in [2.75, 3.05) is 19.7 Å². The van der Waals surface area contributed by atoms with Gasteiger partial charge < -0.3 is 19.5 Å². The molecule has 0 bridgehead atoms. The van der Waals surface area contributed by atoms with Crippen LogP contribution in [0.25, 0.3) is 11.0 Å². The van der Waals surface area contributed by atoms with Crippen molar-refractivity contribution < 1.29 is 29.1 Å². The molecule has 8 heteroatoms. The molecule has 32 heavy (non-hydrogen) atoms. The van der Waals surface area contributed by atoms with Crippen molar-refractivity contribution in [1.29, 1.82) is 0 Å². The fraction of sp³-hybridized carbons (Fsp3) is 0.292. The largest absolute Gasteiger partial charge is 0.478 e. The first-order chi connectivity index (χ1) is 15.5. The van der Waals surface area contributed by atoms with E-state index in [9.17, 15) is 9.59 Å². The van der Waals surface area contributed by atoms with Crippen LogP contribution in [0.5, 0.6) is 5.88 Å². The average molecular weight is 438 g/mol. The molecule has 0 spiro atoms. The molecule has 0 radical (unpaired) electrons. The van der Waals surface area contributed by atoms with E-state index in [0.29, 0.717) is 23.9 Å². The van der Waals surface area contributed by atoms with Crippen molar-refractivity contribution in [2.45, 2.75) is 19.4 Å². The van der Waals surface area contributed by atoms with Crippen LogP contribution >= 0.6 is 0 Å². The number of piperidine rings is 1. The van der Waals surface area contributed by atoms with Crippen molar-refractivity contribution in [3.8, 4) is 5.88 Å². The number of rotatable bonds is 7. The number of benzene rings is 2. The average Bonchev–Trinajstić information content (AvgIpc) is 3.22. The standard InChI is InChI=1S/C20H22N2O2.C4H4O4/c1-2-6-16(7-3-1)14-22-12-10-17(11-13-22)15-23-20-18-8-4-5-9-19(18)24-21-20;5-3(6)1-2-4(7)8/h1-9,17H,10-15H2;1-2H,(H,5,6)(H,7,8)/b;2-1-. The molecule has 0 unspecified atom stereocenters. The number of aliphatic carboxylic acids is 2. The summed E-state index contributed by atoms with van der Waals surface area (Å²) in [5.41, 5.74) is 2.17. The molecule has 168 valence electrons. The summed E-state index contributed by atoms with van der Waals surface area (Å²) in [5.74, 6) is -1.30. The van der Waals surface area contributed by atoms with Gasteiger partial charge in [0.1, 0.15) is 0 Å². The molecule has 2 heterocycles. The lowest BCUT2D eigenvalue weighted by atomic mass is 9.97. The van der Waals surface area contributed by atoms with Gasteiger partial charge in [0.25, 0.3) is 5.88 Å². The van der Waals surface area contributed by atoms with E-state index in [-0.39, 0.29) is 0 Å². The number of carbonyl (C=O) groups is 2. The fourth-order valence-corrected chi connectivity index (χ4v) is 3.46. The maximum absolute atomic E-state index is 9.55. The van der Waals surface area contributed by atoms with Crippen LogP contribution < -0.4 is 4.74 Å². The number of aromatic nitrogens is 1. The molecule has 1 aromatic heterocycles. The van der Waals surface area contributed by atoms with E-state index in [4.69, 9.17) is 19.5 Å². The first-order valence-corrected chi connectivity index (χ1v) is 10.4. The van der Waals surface area contributed by atoms with Crippen molar-refractivity contribution in [3.63, 3.8) is 0 Å². The SMILES string of the molecule is O=C(O)/C=C\C(=O)O.c1ccc(CN2CCC(COc3noc4ccccc34)CC2)cc1. The predicted octanol–water partition coefficient (Wildman–Crippen LogP) is 3.83. The molecule has 0 aliphatic carbocycles. The van der Waals surface area contributed by atoms with Crippen molar-refractivity contribution in [3.05, 3.63) is 72.3 Å². The Bertz CT molecular complexity index is 1020. The third kappa shape index (κ3) is 7.24. The lowest BCUT2D eigenvalue weighted by Crippen LogP contribution is -2.35. The highest BCUT2D eigenvalue weighted by Crippen LogP contribution is 2.26. The Labute approximate surface area is 185 Å². The van der Waals surface area contributed by atoms with Crippen LogP contribution in [0.1, 0.15) is 18.4 Å². The molecule has 8 nitrogen and oxygen atoms in total. The van der Waals surface area contributed by atoms with Gasteiger partial charge in [0.05, 0.1) is 12.0 Å². The van der Waals surface area contributed by atoms with E-state index in [1.54, 1.807) is 0 Å². The summed E-state index contributed by atoms with van der Waals surface area (Å²) >= 11 is 0. The highest BCUT2D eigenvalue weighted by atomic mass is 16.5. The molecule has 1 aliphatic rings. The molecular weight excluding hydrogens is 412 g/mol. The third-order valence-corrected chi connectivity index (χ3v) is 5.12. The predicted molar refractivity (Wildman–Crippen MR) is 118 cm³/mol. The van der Waals surface area contributed by atoms with Gasteiger partial charge in [-0.2, -0.15) is 0 Å². The van der Waals surface area contributed by atoms with Gasteiger partial charge in [-0.05, 0) is 54.7 Å². The monoisotopic (exact) mass is 438 g/mol. The van der Waals surface area contributed by atoms with Crippen LogP contribution in [-0.4, -0.2) is 51.9 Å². The van der Waals surface area contributed by atoms with E-state index in [1.165, 1.54) is 18.4 Å². The van der Waals surface area contributed by atoms with E-state index in [1.807, 2.05) is 24.3 Å². The zero-order valence-electron chi connectivity index (χ0n) is 17.6. The van der Waals surface area contributed by atoms with Gasteiger partial charge >= 0.3 is 11.9 Å². The lowest BCUT2D eigenvalue weighted by molar-refractivity contribution is -0.134. The van der Waals surface area contributed by atoms with E-state index in [0.717, 1.165) is 37.2 Å². The second-order valence-corrected chi connectivity index (χ2v) is 7.51. The summed E-state index contributed by atoms with van der Waals surface area (Å²) < 4.78 is 11.2. The number of ether oxygens (including phenoxy) is 1. The van der Waals surface area contributed by atoms with Crippen molar-refractivity contribution in [1.82, 2.24) is 10.1 Å². The van der Waals surface area contributed by atoms with E-state index in [2.05, 4.69) is 40.4 Å². The van der Waals surface area contributed by atoms with Gasteiger partial charge in [-0.15, -0.1) is 0 Å². The van der Waals surface area contributed by atoms with Gasteiger partial charge in [-0.3, -0.25) is 4.90 Å². The number of likely N-dealkylation sites (tertiary alicyclic amines) is 1. The van der Waals surface area contributed by atoms with Gasteiger partial charge in [0, 0.05) is 18.7 Å². The second-order valence-electron chi connectivity index (χ2n) is 7.51. The molecule has 1 aliphatic heterocycles. The second kappa shape index (κ2) is 11.7. The minimum atomic E-state index is -1.26. The first-order valence-electron chi connectivity index (χ1n) is 10.4. The van der Waals surface area contributed by atoms with E-state index < -0.39 is 11.9 Å². The van der Waals surface area contributed by atoms with Crippen LogP contribution in [0.4, 0.5) is 0 Å². The van der Waals surface area contributed by atoms with E-state index >= 15 is 0 Å².